The van der Waals surface area contributed by atoms with E-state index in [1.807, 2.05) is 0 Å². The van der Waals surface area contributed by atoms with Crippen LogP contribution in [-0.4, -0.2) is 46.5 Å². The Labute approximate surface area is 193 Å². The summed E-state index contributed by atoms with van der Waals surface area (Å²) in [6.45, 7) is 0. The molecule has 0 radical (unpaired) electrons. The molecular formula is C24H23NO6S2. The van der Waals surface area contributed by atoms with Gasteiger partial charge in [-0.1, -0.05) is 66.7 Å². The Morgan fingerprint density at radius 3 is 1.58 bits per heavy atom. The van der Waals surface area contributed by atoms with Crippen LogP contribution >= 0.6 is 0 Å². The van der Waals surface area contributed by atoms with Crippen molar-refractivity contribution < 1.29 is 26.4 Å². The molecule has 0 bridgehead atoms. The first-order valence-corrected chi connectivity index (χ1v) is 13.3. The minimum atomic E-state index is -4.27. The van der Waals surface area contributed by atoms with Crippen LogP contribution < -0.4 is 5.32 Å². The minimum absolute atomic E-state index is 0.0171. The second kappa shape index (κ2) is 9.09. The highest BCUT2D eigenvalue weighted by Gasteiger charge is 2.59. The average molecular weight is 486 g/mol. The van der Waals surface area contributed by atoms with Gasteiger partial charge < -0.3 is 4.74 Å². The highest BCUT2D eigenvalue weighted by atomic mass is 32.2. The monoisotopic (exact) mass is 485 g/mol. The predicted molar refractivity (Wildman–Crippen MR) is 123 cm³/mol. The third-order valence-electron chi connectivity index (χ3n) is 5.81. The zero-order chi connectivity index (χ0) is 23.6. The quantitative estimate of drug-likeness (QED) is 0.535. The summed E-state index contributed by atoms with van der Waals surface area (Å²) in [6, 6.07) is 21.5. The molecule has 1 fully saturated rings. The van der Waals surface area contributed by atoms with Gasteiger partial charge >= 0.3 is 5.97 Å². The van der Waals surface area contributed by atoms with Gasteiger partial charge in [0.25, 0.3) is 0 Å². The molecule has 0 unspecified atom stereocenters. The molecule has 33 heavy (non-hydrogen) atoms. The van der Waals surface area contributed by atoms with E-state index in [2.05, 4.69) is 5.32 Å². The normalized spacial score (nSPS) is 23.2. The van der Waals surface area contributed by atoms with Gasteiger partial charge in [-0.3, -0.25) is 10.1 Å². The summed E-state index contributed by atoms with van der Waals surface area (Å²) in [5.41, 5.74) is 0.557. The summed E-state index contributed by atoms with van der Waals surface area (Å²) in [6.07, 6.45) is 0. The zero-order valence-corrected chi connectivity index (χ0v) is 19.4. The van der Waals surface area contributed by atoms with Crippen molar-refractivity contribution in [1.82, 2.24) is 5.32 Å². The van der Waals surface area contributed by atoms with E-state index in [1.165, 1.54) is 24.3 Å². The average Bonchev–Trinajstić information content (AvgIpc) is 3.28. The molecule has 0 amide bonds. The van der Waals surface area contributed by atoms with Crippen molar-refractivity contribution in [2.45, 2.75) is 32.4 Å². The smallest absolute Gasteiger partial charge is 0.324 e. The second-order valence-electron chi connectivity index (χ2n) is 7.70. The number of nitrogens with one attached hydrogen (secondary N) is 1. The molecule has 3 aromatic carbocycles. The van der Waals surface area contributed by atoms with E-state index in [1.54, 1.807) is 66.7 Å². The molecule has 4 rings (SSSR count). The van der Waals surface area contributed by atoms with E-state index in [4.69, 9.17) is 4.74 Å². The first-order valence-electron chi connectivity index (χ1n) is 10.2. The molecule has 9 heteroatoms. The van der Waals surface area contributed by atoms with E-state index in [0.717, 1.165) is 7.11 Å². The van der Waals surface area contributed by atoms with Crippen molar-refractivity contribution in [1.29, 1.82) is 0 Å². The fourth-order valence-electron chi connectivity index (χ4n) is 4.28. The molecule has 1 N–H and O–H groups in total. The maximum atomic E-state index is 13.9. The summed E-state index contributed by atoms with van der Waals surface area (Å²) >= 11 is 0. The topological polar surface area (TPSA) is 107 Å². The number of carbonyl (C=O) groups excluding carboxylic acids is 1. The van der Waals surface area contributed by atoms with E-state index in [0.29, 0.717) is 5.56 Å². The molecule has 172 valence electrons. The summed E-state index contributed by atoms with van der Waals surface area (Å²) < 4.78 is 60.3. The van der Waals surface area contributed by atoms with Crippen LogP contribution in [0.2, 0.25) is 0 Å². The molecule has 3 aromatic rings. The highest BCUT2D eigenvalue weighted by molar-refractivity contribution is 7.96. The number of rotatable bonds is 6. The summed E-state index contributed by atoms with van der Waals surface area (Å²) in [4.78, 5) is 12.7. The maximum Gasteiger partial charge on any atom is 0.324 e. The Bertz CT molecular complexity index is 1330. The number of carbonyl (C=O) groups is 1. The Balaban J connectivity index is 1.97. The Morgan fingerprint density at radius 1 is 0.697 bits per heavy atom. The molecule has 0 spiro atoms. The van der Waals surface area contributed by atoms with Crippen molar-refractivity contribution in [3.63, 3.8) is 0 Å². The SMILES string of the molecule is COC(=O)[C@H]1N[C@@H](c2ccccc2)[C@H](S(=O)(=O)c2ccccc2)[C@H]1S(=O)(=O)c1ccccc1. The molecular weight excluding hydrogens is 462 g/mol. The fourth-order valence-corrected chi connectivity index (χ4v) is 9.03. The Kier molecular flexibility index (Phi) is 6.38. The lowest BCUT2D eigenvalue weighted by molar-refractivity contribution is -0.142. The van der Waals surface area contributed by atoms with Crippen molar-refractivity contribution in [2.75, 3.05) is 7.11 Å². The van der Waals surface area contributed by atoms with E-state index < -0.39 is 48.2 Å². The number of hydrogen-bond donors (Lipinski definition) is 1. The number of sulfone groups is 2. The number of esters is 1. The van der Waals surface area contributed by atoms with Gasteiger partial charge in [0.2, 0.25) is 0 Å². The number of methoxy groups -OCH3 is 1. The molecule has 0 aromatic heterocycles. The van der Waals surface area contributed by atoms with Gasteiger partial charge in [0.1, 0.15) is 16.5 Å². The minimum Gasteiger partial charge on any atom is -0.468 e. The van der Waals surface area contributed by atoms with Gasteiger partial charge in [-0.05, 0) is 29.8 Å². The number of benzene rings is 3. The summed E-state index contributed by atoms with van der Waals surface area (Å²) in [5, 5.41) is -0.107. The molecule has 1 aliphatic heterocycles. The van der Waals surface area contributed by atoms with E-state index >= 15 is 0 Å². The van der Waals surface area contributed by atoms with Crippen LogP contribution in [0.4, 0.5) is 0 Å². The molecule has 4 atom stereocenters. The van der Waals surface area contributed by atoms with Crippen LogP contribution in [0.15, 0.2) is 101 Å². The van der Waals surface area contributed by atoms with E-state index in [-0.39, 0.29) is 9.79 Å². The zero-order valence-electron chi connectivity index (χ0n) is 17.7. The van der Waals surface area contributed by atoms with Crippen LogP contribution in [-0.2, 0) is 29.2 Å². The first kappa shape index (κ1) is 23.2. The maximum absolute atomic E-state index is 13.9. The van der Waals surface area contributed by atoms with Crippen molar-refractivity contribution >= 4 is 25.6 Å². The van der Waals surface area contributed by atoms with Crippen molar-refractivity contribution in [3.05, 3.63) is 96.6 Å². The van der Waals surface area contributed by atoms with Crippen LogP contribution in [0.25, 0.3) is 0 Å². The van der Waals surface area contributed by atoms with Crippen molar-refractivity contribution in [3.8, 4) is 0 Å². The molecule has 0 saturated carbocycles. The lowest BCUT2D eigenvalue weighted by atomic mass is 10.0. The molecule has 1 saturated heterocycles. The Morgan fingerprint density at radius 2 is 1.12 bits per heavy atom. The lowest BCUT2D eigenvalue weighted by Gasteiger charge is -2.25. The largest absolute Gasteiger partial charge is 0.468 e. The fraction of sp³-hybridized carbons (Fsp3) is 0.208. The number of hydrogen-bond acceptors (Lipinski definition) is 7. The summed E-state index contributed by atoms with van der Waals surface area (Å²) in [7, 11) is -7.32. The second-order valence-corrected chi connectivity index (χ2v) is 11.9. The molecule has 1 aliphatic rings. The van der Waals surface area contributed by atoms with Crippen LogP contribution in [0.3, 0.4) is 0 Å². The van der Waals surface area contributed by atoms with Crippen molar-refractivity contribution in [2.24, 2.45) is 0 Å². The summed E-state index contributed by atoms with van der Waals surface area (Å²) in [5.74, 6) is -0.841. The molecule has 0 aliphatic carbocycles. The van der Waals surface area contributed by atoms with Gasteiger partial charge in [-0.25, -0.2) is 16.8 Å². The molecule has 7 nitrogen and oxygen atoms in total. The lowest BCUT2D eigenvalue weighted by Crippen LogP contribution is -2.47. The third kappa shape index (κ3) is 4.19. The molecule has 1 heterocycles. The van der Waals surface area contributed by atoms with Crippen LogP contribution in [0, 0.1) is 0 Å². The Hall–Kier alpha value is -3.01. The highest BCUT2D eigenvalue weighted by Crippen LogP contribution is 2.41. The predicted octanol–water partition coefficient (Wildman–Crippen LogP) is 2.56. The van der Waals surface area contributed by atoms with Crippen LogP contribution in [0.1, 0.15) is 11.6 Å². The van der Waals surface area contributed by atoms with Gasteiger partial charge in [0.05, 0.1) is 22.9 Å². The van der Waals surface area contributed by atoms with Gasteiger partial charge in [-0.2, -0.15) is 0 Å². The van der Waals surface area contributed by atoms with Gasteiger partial charge in [0.15, 0.2) is 19.7 Å². The van der Waals surface area contributed by atoms with E-state index in [9.17, 15) is 21.6 Å². The van der Waals surface area contributed by atoms with Gasteiger partial charge in [-0.15, -0.1) is 0 Å². The number of ether oxygens (including phenoxy) is 1. The van der Waals surface area contributed by atoms with Crippen LogP contribution in [0.5, 0.6) is 0 Å². The first-order chi connectivity index (χ1) is 15.8. The van der Waals surface area contributed by atoms with Gasteiger partial charge in [0, 0.05) is 0 Å². The standard InChI is InChI=1S/C24H23NO6S2/c1-31-24(26)21-23(33(29,30)19-15-9-4-10-16-19)22(20(25-21)17-11-5-2-6-12-17)32(27,28)18-13-7-3-8-14-18/h2-16,20-23,25H,1H3/t20-,21-,22-,23-/m0/s1. The third-order valence-corrected chi connectivity index (χ3v) is 10.4.